The van der Waals surface area contributed by atoms with E-state index in [4.69, 9.17) is 15.0 Å². The Morgan fingerprint density at radius 3 is 2.69 bits per heavy atom. The van der Waals surface area contributed by atoms with Crippen LogP contribution in [-0.2, 0) is 12.7 Å². The number of primary amides is 1. The molecule has 0 spiro atoms. The minimum atomic E-state index is -4.39. The normalized spacial score (nSPS) is 16.6. The number of nitrogens with two attached hydrogens (primary N) is 1. The maximum atomic E-state index is 12.7. The van der Waals surface area contributed by atoms with Crippen molar-refractivity contribution in [2.24, 2.45) is 5.73 Å². The molecule has 1 aliphatic rings. The quantitative estimate of drug-likeness (QED) is 0.867. The van der Waals surface area contributed by atoms with Gasteiger partial charge in [0.05, 0.1) is 12.1 Å². The molecular formula is C16H17F3N4O3. The third kappa shape index (κ3) is 4.51. The molecule has 0 saturated carbocycles. The Balaban J connectivity index is 1.51. The average Bonchev–Trinajstić information content (AvgIpc) is 3.05. The van der Waals surface area contributed by atoms with Crippen molar-refractivity contribution in [2.45, 2.75) is 31.7 Å². The summed E-state index contributed by atoms with van der Waals surface area (Å²) >= 11 is 0. The van der Waals surface area contributed by atoms with Crippen molar-refractivity contribution in [1.82, 2.24) is 15.0 Å². The smallest absolute Gasteiger partial charge is 0.416 e. The molecule has 1 aromatic carbocycles. The molecule has 140 valence electrons. The van der Waals surface area contributed by atoms with Gasteiger partial charge in [-0.3, -0.25) is 9.69 Å². The summed E-state index contributed by atoms with van der Waals surface area (Å²) in [6, 6.07) is 4.88. The van der Waals surface area contributed by atoms with Gasteiger partial charge in [0, 0.05) is 13.1 Å². The molecule has 0 radical (unpaired) electrons. The summed E-state index contributed by atoms with van der Waals surface area (Å²) in [5.74, 6) is -0.423. The number of rotatable bonds is 5. The van der Waals surface area contributed by atoms with Crippen LogP contribution in [0.15, 0.2) is 28.8 Å². The lowest BCUT2D eigenvalue weighted by Gasteiger charge is -2.31. The molecule has 0 unspecified atom stereocenters. The van der Waals surface area contributed by atoms with E-state index in [1.54, 1.807) is 0 Å². The van der Waals surface area contributed by atoms with Crippen molar-refractivity contribution in [3.8, 4) is 5.75 Å². The van der Waals surface area contributed by atoms with Gasteiger partial charge in [-0.05, 0) is 31.0 Å². The number of carbonyl (C=O) groups is 1. The number of ether oxygens (including phenoxy) is 1. The minimum absolute atomic E-state index is 0.164. The summed E-state index contributed by atoms with van der Waals surface area (Å²) in [6.45, 7) is 1.67. The molecule has 0 bridgehead atoms. The van der Waals surface area contributed by atoms with Gasteiger partial charge in [0.25, 0.3) is 11.7 Å². The molecular weight excluding hydrogens is 353 g/mol. The molecule has 1 aliphatic heterocycles. The lowest BCUT2D eigenvalue weighted by molar-refractivity contribution is -0.137. The van der Waals surface area contributed by atoms with Gasteiger partial charge >= 0.3 is 6.18 Å². The van der Waals surface area contributed by atoms with E-state index in [2.05, 4.69) is 10.1 Å². The van der Waals surface area contributed by atoms with Crippen LogP contribution >= 0.6 is 0 Å². The first-order chi connectivity index (χ1) is 12.3. The molecule has 7 nitrogen and oxygen atoms in total. The molecule has 1 fully saturated rings. The Bertz CT molecular complexity index is 770. The number of nitrogens with zero attached hydrogens (tertiary/aromatic N) is 3. The van der Waals surface area contributed by atoms with Gasteiger partial charge in [-0.2, -0.15) is 18.2 Å². The van der Waals surface area contributed by atoms with Crippen LogP contribution in [0, 0.1) is 0 Å². The Morgan fingerprint density at radius 1 is 1.35 bits per heavy atom. The fraction of sp³-hybridized carbons (Fsp3) is 0.438. The second-order valence-electron chi connectivity index (χ2n) is 5.99. The number of amides is 1. The fourth-order valence-electron chi connectivity index (χ4n) is 2.73. The van der Waals surface area contributed by atoms with Crippen LogP contribution in [0.25, 0.3) is 0 Å². The first-order valence-electron chi connectivity index (χ1n) is 8.00. The van der Waals surface area contributed by atoms with Crippen LogP contribution in [-0.4, -0.2) is 40.1 Å². The SMILES string of the molecule is NC(=O)c1noc(CN2CCC(Oc3cccc(C(F)(F)F)c3)CC2)n1. The van der Waals surface area contributed by atoms with E-state index in [9.17, 15) is 18.0 Å². The van der Waals surface area contributed by atoms with Crippen LogP contribution in [0.1, 0.15) is 34.9 Å². The molecule has 2 heterocycles. The molecule has 1 amide bonds. The van der Waals surface area contributed by atoms with Crippen LogP contribution in [0.3, 0.4) is 0 Å². The first-order valence-corrected chi connectivity index (χ1v) is 8.00. The van der Waals surface area contributed by atoms with Gasteiger partial charge in [-0.1, -0.05) is 11.2 Å². The number of aromatic nitrogens is 2. The monoisotopic (exact) mass is 370 g/mol. The van der Waals surface area contributed by atoms with Crippen molar-refractivity contribution in [2.75, 3.05) is 13.1 Å². The summed E-state index contributed by atoms with van der Waals surface area (Å²) in [7, 11) is 0. The van der Waals surface area contributed by atoms with E-state index in [1.807, 2.05) is 4.90 Å². The Labute approximate surface area is 146 Å². The number of hydrogen-bond donors (Lipinski definition) is 1. The van der Waals surface area contributed by atoms with E-state index >= 15 is 0 Å². The summed E-state index contributed by atoms with van der Waals surface area (Å²) in [6.07, 6.45) is -3.27. The number of benzene rings is 1. The molecule has 2 N–H and O–H groups in total. The van der Waals surface area contributed by atoms with E-state index in [1.165, 1.54) is 12.1 Å². The maximum Gasteiger partial charge on any atom is 0.416 e. The zero-order chi connectivity index (χ0) is 18.7. The van der Waals surface area contributed by atoms with Crippen molar-refractivity contribution in [3.63, 3.8) is 0 Å². The van der Waals surface area contributed by atoms with Crippen molar-refractivity contribution >= 4 is 5.91 Å². The second kappa shape index (κ2) is 7.32. The van der Waals surface area contributed by atoms with Crippen LogP contribution in [0.2, 0.25) is 0 Å². The highest BCUT2D eigenvalue weighted by atomic mass is 19.4. The molecule has 0 atom stereocenters. The third-order valence-corrected chi connectivity index (χ3v) is 4.05. The number of piperidine rings is 1. The van der Waals surface area contributed by atoms with Gasteiger partial charge in [-0.15, -0.1) is 0 Å². The zero-order valence-electron chi connectivity index (χ0n) is 13.7. The lowest BCUT2D eigenvalue weighted by atomic mass is 10.1. The summed E-state index contributed by atoms with van der Waals surface area (Å²) in [4.78, 5) is 16.9. The van der Waals surface area contributed by atoms with Crippen LogP contribution in [0.5, 0.6) is 5.75 Å². The van der Waals surface area contributed by atoms with Crippen molar-refractivity contribution in [1.29, 1.82) is 0 Å². The van der Waals surface area contributed by atoms with Gasteiger partial charge in [0.1, 0.15) is 11.9 Å². The van der Waals surface area contributed by atoms with E-state index in [0.717, 1.165) is 12.1 Å². The highest BCUT2D eigenvalue weighted by Crippen LogP contribution is 2.32. The predicted molar refractivity (Wildman–Crippen MR) is 83.2 cm³/mol. The molecule has 1 aromatic heterocycles. The van der Waals surface area contributed by atoms with Crippen LogP contribution in [0.4, 0.5) is 13.2 Å². The highest BCUT2D eigenvalue weighted by Gasteiger charge is 2.31. The minimum Gasteiger partial charge on any atom is -0.490 e. The Morgan fingerprint density at radius 2 is 2.08 bits per heavy atom. The molecule has 0 aliphatic carbocycles. The number of halogens is 3. The van der Waals surface area contributed by atoms with Gasteiger partial charge in [0.15, 0.2) is 0 Å². The van der Waals surface area contributed by atoms with E-state index in [-0.39, 0.29) is 23.6 Å². The molecule has 1 saturated heterocycles. The number of hydrogen-bond acceptors (Lipinski definition) is 6. The summed E-state index contributed by atoms with van der Waals surface area (Å²) in [5, 5.41) is 3.48. The summed E-state index contributed by atoms with van der Waals surface area (Å²) < 4.78 is 48.9. The second-order valence-corrected chi connectivity index (χ2v) is 5.99. The van der Waals surface area contributed by atoms with Gasteiger partial charge in [0.2, 0.25) is 5.89 Å². The van der Waals surface area contributed by atoms with Crippen LogP contribution < -0.4 is 10.5 Å². The molecule has 10 heteroatoms. The number of likely N-dealkylation sites (tertiary alicyclic amines) is 1. The molecule has 26 heavy (non-hydrogen) atoms. The predicted octanol–water partition coefficient (Wildman–Crippen LogP) is 2.23. The Hall–Kier alpha value is -2.62. The molecule has 3 rings (SSSR count). The molecule has 2 aromatic rings. The maximum absolute atomic E-state index is 12.7. The third-order valence-electron chi connectivity index (χ3n) is 4.05. The first kappa shape index (κ1) is 18.2. The fourth-order valence-corrected chi connectivity index (χ4v) is 2.73. The lowest BCUT2D eigenvalue weighted by Crippen LogP contribution is -2.37. The largest absolute Gasteiger partial charge is 0.490 e. The summed E-state index contributed by atoms with van der Waals surface area (Å²) in [5.41, 5.74) is 4.34. The standard InChI is InChI=1S/C16H17F3N4O3/c17-16(18,19)10-2-1-3-12(8-10)25-11-4-6-23(7-5-11)9-13-21-15(14(20)24)22-26-13/h1-3,8,11H,4-7,9H2,(H2,20,24). The van der Waals surface area contributed by atoms with E-state index in [0.29, 0.717) is 32.5 Å². The number of carbonyl (C=O) groups excluding carboxylic acids is 1. The van der Waals surface area contributed by atoms with Gasteiger partial charge in [-0.25, -0.2) is 0 Å². The van der Waals surface area contributed by atoms with Gasteiger partial charge < -0.3 is 15.0 Å². The zero-order valence-corrected chi connectivity index (χ0v) is 13.7. The van der Waals surface area contributed by atoms with Crippen molar-refractivity contribution < 1.29 is 27.2 Å². The van der Waals surface area contributed by atoms with E-state index < -0.39 is 17.6 Å². The van der Waals surface area contributed by atoms with Crippen molar-refractivity contribution in [3.05, 3.63) is 41.5 Å². The highest BCUT2D eigenvalue weighted by molar-refractivity contribution is 5.88. The number of alkyl halides is 3. The average molecular weight is 370 g/mol. The Kier molecular flexibility index (Phi) is 5.12. The topological polar surface area (TPSA) is 94.5 Å².